The van der Waals surface area contributed by atoms with Crippen molar-refractivity contribution in [2.24, 2.45) is 5.92 Å². The summed E-state index contributed by atoms with van der Waals surface area (Å²) in [5, 5.41) is 10.0. The van der Waals surface area contributed by atoms with Crippen molar-refractivity contribution in [2.75, 3.05) is 12.4 Å². The van der Waals surface area contributed by atoms with Crippen molar-refractivity contribution in [3.8, 4) is 11.1 Å². The van der Waals surface area contributed by atoms with Crippen molar-refractivity contribution < 1.29 is 4.52 Å². The highest BCUT2D eigenvalue weighted by molar-refractivity contribution is 6.10. The van der Waals surface area contributed by atoms with Gasteiger partial charge in [-0.15, -0.1) is 0 Å². The minimum atomic E-state index is 0.828. The third-order valence-corrected chi connectivity index (χ3v) is 5.61. The number of nitrogens with one attached hydrogen (secondary N) is 1. The molecule has 0 spiro atoms. The summed E-state index contributed by atoms with van der Waals surface area (Å²) in [6.07, 6.45) is 2.70. The molecule has 1 saturated carbocycles. The molecule has 1 fully saturated rings. The maximum absolute atomic E-state index is 5.38. The lowest BCUT2D eigenvalue weighted by Crippen LogP contribution is -1.99. The largest absolute Gasteiger partial charge is 0.388 e. The van der Waals surface area contributed by atoms with Gasteiger partial charge in [-0.3, -0.25) is 0 Å². The monoisotopic (exact) mass is 345 g/mol. The van der Waals surface area contributed by atoms with Gasteiger partial charge in [0.2, 0.25) is 0 Å². The molecule has 1 aliphatic carbocycles. The molecule has 2 aromatic heterocycles. The van der Waals surface area contributed by atoms with E-state index in [1.807, 2.05) is 20.9 Å². The van der Waals surface area contributed by atoms with Crippen molar-refractivity contribution >= 4 is 27.5 Å². The Morgan fingerprint density at radius 2 is 1.92 bits per heavy atom. The summed E-state index contributed by atoms with van der Waals surface area (Å²) >= 11 is 0. The van der Waals surface area contributed by atoms with Gasteiger partial charge in [-0.25, -0.2) is 0 Å². The highest BCUT2D eigenvalue weighted by Crippen LogP contribution is 2.38. The van der Waals surface area contributed by atoms with Crippen molar-refractivity contribution in [3.05, 3.63) is 47.9 Å². The summed E-state index contributed by atoms with van der Waals surface area (Å²) in [6, 6.07) is 13.4. The van der Waals surface area contributed by atoms with E-state index >= 15 is 0 Å². The van der Waals surface area contributed by atoms with Gasteiger partial charge >= 0.3 is 0 Å². The van der Waals surface area contributed by atoms with Gasteiger partial charge in [0.1, 0.15) is 5.76 Å². The molecule has 1 aliphatic rings. The standard InChI is InChI=1S/C22H23N3O/c1-13-22(14(2)26-24-13)16-6-9-20-19(10-16)18-8-7-17(23-3)11-21(18)25(20)12-15-4-5-15/h6-11,15,23H,4-5,12H2,1-3H3. The highest BCUT2D eigenvalue weighted by Gasteiger charge is 2.24. The molecular formula is C22H23N3O. The molecule has 4 heteroatoms. The van der Waals surface area contributed by atoms with Gasteiger partial charge in [-0.2, -0.15) is 0 Å². The molecule has 1 N–H and O–H groups in total. The van der Waals surface area contributed by atoms with Crippen LogP contribution in [0, 0.1) is 19.8 Å². The number of hydrogen-bond acceptors (Lipinski definition) is 3. The van der Waals surface area contributed by atoms with Crippen molar-refractivity contribution in [3.63, 3.8) is 0 Å². The molecule has 0 amide bonds. The Morgan fingerprint density at radius 1 is 1.08 bits per heavy atom. The SMILES string of the molecule is CNc1ccc2c3cc(-c4c(C)noc4C)ccc3n(CC3CC3)c2c1. The normalized spacial score (nSPS) is 14.4. The highest BCUT2D eigenvalue weighted by atomic mass is 16.5. The van der Waals surface area contributed by atoms with Crippen molar-refractivity contribution in [1.29, 1.82) is 0 Å². The van der Waals surface area contributed by atoms with Gasteiger partial charge in [-0.05, 0) is 62.4 Å². The fraction of sp³-hybridized carbons (Fsp3) is 0.318. The Hall–Kier alpha value is -2.75. The number of rotatable bonds is 4. The van der Waals surface area contributed by atoms with Crippen LogP contribution in [-0.4, -0.2) is 16.8 Å². The number of fused-ring (bicyclic) bond motifs is 3. The van der Waals surface area contributed by atoms with E-state index in [2.05, 4.69) is 51.4 Å². The van der Waals surface area contributed by atoms with Crippen molar-refractivity contribution in [1.82, 2.24) is 9.72 Å². The van der Waals surface area contributed by atoms with Crippen LogP contribution in [-0.2, 0) is 6.54 Å². The van der Waals surface area contributed by atoms with Gasteiger partial charge in [0.05, 0.1) is 11.2 Å². The minimum Gasteiger partial charge on any atom is -0.388 e. The molecule has 132 valence electrons. The third-order valence-electron chi connectivity index (χ3n) is 5.61. The van der Waals surface area contributed by atoms with Gasteiger partial charge in [0.25, 0.3) is 0 Å². The molecule has 4 nitrogen and oxygen atoms in total. The summed E-state index contributed by atoms with van der Waals surface area (Å²) in [5.41, 5.74) is 7.02. The Morgan fingerprint density at radius 3 is 2.62 bits per heavy atom. The van der Waals surface area contributed by atoms with Crippen LogP contribution in [0.3, 0.4) is 0 Å². The van der Waals surface area contributed by atoms with Crippen LogP contribution in [0.5, 0.6) is 0 Å². The summed E-state index contributed by atoms with van der Waals surface area (Å²) in [5.74, 6) is 1.70. The topological polar surface area (TPSA) is 43.0 Å². The average molecular weight is 345 g/mol. The lowest BCUT2D eigenvalue weighted by molar-refractivity contribution is 0.393. The second-order valence-corrected chi connectivity index (χ2v) is 7.47. The van der Waals surface area contributed by atoms with E-state index in [1.54, 1.807) is 0 Å². The Bertz CT molecular complexity index is 1110. The van der Waals surface area contributed by atoms with Crippen LogP contribution in [0.25, 0.3) is 32.9 Å². The Kier molecular flexibility index (Phi) is 3.36. The number of nitrogens with zero attached hydrogens (tertiary/aromatic N) is 2. The average Bonchev–Trinajstić information content (AvgIpc) is 3.35. The molecule has 0 saturated heterocycles. The number of hydrogen-bond donors (Lipinski definition) is 1. The second-order valence-electron chi connectivity index (χ2n) is 7.47. The van der Waals surface area contributed by atoms with E-state index in [0.717, 1.165) is 35.2 Å². The van der Waals surface area contributed by atoms with Crippen molar-refractivity contribution in [2.45, 2.75) is 33.2 Å². The summed E-state index contributed by atoms with van der Waals surface area (Å²) in [4.78, 5) is 0. The van der Waals surface area contributed by atoms with Crippen LogP contribution < -0.4 is 5.32 Å². The van der Waals surface area contributed by atoms with Gasteiger partial charge in [-0.1, -0.05) is 17.3 Å². The Balaban J connectivity index is 1.78. The predicted octanol–water partition coefficient (Wildman–Crippen LogP) is 5.52. The number of benzene rings is 2. The molecule has 0 aliphatic heterocycles. The first-order valence-corrected chi connectivity index (χ1v) is 9.32. The number of anilines is 1. The minimum absolute atomic E-state index is 0.828. The molecule has 2 heterocycles. The van der Waals surface area contributed by atoms with E-state index in [9.17, 15) is 0 Å². The smallest absolute Gasteiger partial charge is 0.141 e. The summed E-state index contributed by atoms with van der Waals surface area (Å²) in [6.45, 7) is 5.10. The first kappa shape index (κ1) is 15.5. The first-order valence-electron chi connectivity index (χ1n) is 9.32. The van der Waals surface area contributed by atoms with E-state index in [0.29, 0.717) is 0 Å². The molecule has 4 aromatic rings. The summed E-state index contributed by atoms with van der Waals surface area (Å²) < 4.78 is 7.88. The summed E-state index contributed by atoms with van der Waals surface area (Å²) in [7, 11) is 1.98. The molecular weight excluding hydrogens is 322 g/mol. The van der Waals surface area contributed by atoms with Crippen LogP contribution in [0.1, 0.15) is 24.3 Å². The molecule has 5 rings (SSSR count). The van der Waals surface area contributed by atoms with E-state index in [-0.39, 0.29) is 0 Å². The van der Waals surface area contributed by atoms with Gasteiger partial charge in [0.15, 0.2) is 0 Å². The zero-order valence-electron chi connectivity index (χ0n) is 15.5. The number of aryl methyl sites for hydroxylation is 2. The van der Waals surface area contributed by atoms with Gasteiger partial charge < -0.3 is 14.4 Å². The van der Waals surface area contributed by atoms with Crippen LogP contribution in [0.4, 0.5) is 5.69 Å². The van der Waals surface area contributed by atoms with Crippen LogP contribution in [0.2, 0.25) is 0 Å². The maximum atomic E-state index is 5.38. The molecule has 2 aromatic carbocycles. The third kappa shape index (κ3) is 2.32. The molecule has 26 heavy (non-hydrogen) atoms. The van der Waals surface area contributed by atoms with E-state index in [1.165, 1.54) is 40.2 Å². The molecule has 0 atom stereocenters. The number of aromatic nitrogens is 2. The first-order chi connectivity index (χ1) is 12.7. The Labute approximate surface area is 152 Å². The predicted molar refractivity (Wildman–Crippen MR) is 107 cm³/mol. The zero-order valence-corrected chi connectivity index (χ0v) is 15.5. The maximum Gasteiger partial charge on any atom is 0.141 e. The zero-order chi connectivity index (χ0) is 17.8. The van der Waals surface area contributed by atoms with Crippen LogP contribution in [0.15, 0.2) is 40.9 Å². The van der Waals surface area contributed by atoms with E-state index in [4.69, 9.17) is 4.52 Å². The second kappa shape index (κ2) is 5.63. The fourth-order valence-electron chi connectivity index (χ4n) is 4.06. The molecule has 0 bridgehead atoms. The lowest BCUT2D eigenvalue weighted by Gasteiger charge is -2.08. The fourth-order valence-corrected chi connectivity index (χ4v) is 4.06. The quantitative estimate of drug-likeness (QED) is 0.530. The van der Waals surface area contributed by atoms with E-state index < -0.39 is 0 Å². The molecule has 0 radical (unpaired) electrons. The van der Waals surface area contributed by atoms with Crippen LogP contribution >= 0.6 is 0 Å². The lowest BCUT2D eigenvalue weighted by atomic mass is 10.0. The molecule has 0 unspecified atom stereocenters. The van der Waals surface area contributed by atoms with Gasteiger partial charge in [0, 0.05) is 41.1 Å².